The zero-order valence-corrected chi connectivity index (χ0v) is 10.8. The van der Waals surface area contributed by atoms with Gasteiger partial charge in [0, 0.05) is 24.4 Å². The van der Waals surface area contributed by atoms with Crippen molar-refractivity contribution in [1.82, 2.24) is 0 Å². The van der Waals surface area contributed by atoms with Crippen LogP contribution in [0.25, 0.3) is 0 Å². The largest absolute Gasteiger partial charge is 0.423 e. The van der Waals surface area contributed by atoms with E-state index >= 15 is 0 Å². The Hall–Kier alpha value is -1.83. The van der Waals surface area contributed by atoms with Gasteiger partial charge in [-0.2, -0.15) is 13.2 Å². The van der Waals surface area contributed by atoms with Crippen LogP contribution >= 0.6 is 0 Å². The van der Waals surface area contributed by atoms with Crippen LogP contribution in [0.3, 0.4) is 0 Å². The van der Waals surface area contributed by atoms with Crippen molar-refractivity contribution < 1.29 is 23.2 Å². The summed E-state index contributed by atoms with van der Waals surface area (Å²) in [7, 11) is 0. The summed E-state index contributed by atoms with van der Waals surface area (Å²) in [6.07, 6.45) is -3.80. The number of benzene rings is 1. The van der Waals surface area contributed by atoms with Gasteiger partial charge in [0.05, 0.1) is 4.92 Å². The number of rotatable bonds is 6. The minimum absolute atomic E-state index is 0.0926. The zero-order chi connectivity index (χ0) is 15.3. The molecule has 0 aliphatic rings. The quantitative estimate of drug-likeness (QED) is 0.623. The molecule has 0 aromatic heterocycles. The van der Waals surface area contributed by atoms with Gasteiger partial charge in [-0.15, -0.1) is 0 Å². The summed E-state index contributed by atoms with van der Waals surface area (Å²) < 4.78 is 38.4. The first-order valence-electron chi connectivity index (χ1n) is 6.02. The number of nitro benzene ring substituents is 1. The van der Waals surface area contributed by atoms with E-state index in [1.807, 2.05) is 6.92 Å². The second kappa shape index (κ2) is 6.56. The van der Waals surface area contributed by atoms with Gasteiger partial charge in [-0.1, -0.05) is 6.92 Å². The SMILES string of the molecule is CCC(CCO)Nc1ccc([N+](=O)[O-])c(C(F)(F)F)c1. The number of aliphatic hydroxyl groups excluding tert-OH is 1. The highest BCUT2D eigenvalue weighted by atomic mass is 19.4. The highest BCUT2D eigenvalue weighted by Gasteiger charge is 2.38. The molecule has 1 aromatic carbocycles. The number of alkyl halides is 3. The van der Waals surface area contributed by atoms with Crippen molar-refractivity contribution in [2.45, 2.75) is 32.0 Å². The standard InChI is InChI=1S/C12H15F3N2O3/c1-2-8(5-6-18)16-9-3-4-11(17(19)20)10(7-9)12(13,14)15/h3-4,7-8,16,18H,2,5-6H2,1H3. The normalized spacial score (nSPS) is 13.1. The molecule has 1 rings (SSSR count). The molecule has 0 radical (unpaired) electrons. The van der Waals surface area contributed by atoms with Crippen LogP contribution in [0.5, 0.6) is 0 Å². The van der Waals surface area contributed by atoms with Gasteiger partial charge in [-0.3, -0.25) is 10.1 Å². The van der Waals surface area contributed by atoms with Gasteiger partial charge < -0.3 is 10.4 Å². The van der Waals surface area contributed by atoms with E-state index in [2.05, 4.69) is 5.32 Å². The van der Waals surface area contributed by atoms with Gasteiger partial charge in [-0.25, -0.2) is 0 Å². The number of halogens is 3. The molecule has 1 unspecified atom stereocenters. The van der Waals surface area contributed by atoms with Crippen molar-refractivity contribution in [3.63, 3.8) is 0 Å². The molecule has 0 aliphatic heterocycles. The maximum absolute atomic E-state index is 12.8. The summed E-state index contributed by atoms with van der Waals surface area (Å²) in [6.45, 7) is 1.73. The molecule has 0 heterocycles. The Morgan fingerprint density at radius 1 is 1.45 bits per heavy atom. The highest BCUT2D eigenvalue weighted by molar-refractivity contribution is 5.55. The van der Waals surface area contributed by atoms with Gasteiger partial charge in [0.1, 0.15) is 5.56 Å². The third-order valence-electron chi connectivity index (χ3n) is 2.84. The van der Waals surface area contributed by atoms with Gasteiger partial charge in [0.2, 0.25) is 0 Å². The number of anilines is 1. The van der Waals surface area contributed by atoms with Gasteiger partial charge >= 0.3 is 6.18 Å². The summed E-state index contributed by atoms with van der Waals surface area (Å²) in [4.78, 5) is 9.55. The molecular weight excluding hydrogens is 277 g/mol. The van der Waals surface area contributed by atoms with Crippen LogP contribution in [0.2, 0.25) is 0 Å². The second-order valence-corrected chi connectivity index (χ2v) is 4.25. The smallest absolute Gasteiger partial charge is 0.396 e. The Morgan fingerprint density at radius 2 is 2.10 bits per heavy atom. The number of nitrogens with zero attached hydrogens (tertiary/aromatic N) is 1. The monoisotopic (exact) mass is 292 g/mol. The molecule has 2 N–H and O–H groups in total. The molecule has 0 saturated carbocycles. The molecule has 0 amide bonds. The molecule has 8 heteroatoms. The molecular formula is C12H15F3N2O3. The summed E-state index contributed by atoms with van der Waals surface area (Å²) in [6, 6.07) is 2.59. The minimum Gasteiger partial charge on any atom is -0.396 e. The van der Waals surface area contributed by atoms with Crippen molar-refractivity contribution in [2.75, 3.05) is 11.9 Å². The molecule has 1 atom stereocenters. The first-order chi connectivity index (χ1) is 9.29. The first-order valence-corrected chi connectivity index (χ1v) is 6.02. The lowest BCUT2D eigenvalue weighted by Crippen LogP contribution is -2.20. The van der Waals surface area contributed by atoms with E-state index in [0.717, 1.165) is 12.1 Å². The second-order valence-electron chi connectivity index (χ2n) is 4.25. The van der Waals surface area contributed by atoms with E-state index in [4.69, 9.17) is 5.11 Å². The van der Waals surface area contributed by atoms with E-state index < -0.39 is 22.4 Å². The lowest BCUT2D eigenvalue weighted by Gasteiger charge is -2.18. The van der Waals surface area contributed by atoms with Gasteiger partial charge in [0.15, 0.2) is 0 Å². The van der Waals surface area contributed by atoms with Crippen LogP contribution in [0.15, 0.2) is 18.2 Å². The maximum Gasteiger partial charge on any atom is 0.423 e. The summed E-state index contributed by atoms with van der Waals surface area (Å²) in [5.41, 5.74) is -2.12. The molecule has 5 nitrogen and oxygen atoms in total. The number of nitrogens with one attached hydrogen (secondary N) is 1. The van der Waals surface area contributed by atoms with Crippen molar-refractivity contribution in [2.24, 2.45) is 0 Å². The highest BCUT2D eigenvalue weighted by Crippen LogP contribution is 2.37. The number of aliphatic hydroxyl groups is 1. The summed E-state index contributed by atoms with van der Waals surface area (Å²) >= 11 is 0. The fourth-order valence-electron chi connectivity index (χ4n) is 1.78. The van der Waals surface area contributed by atoms with Gasteiger partial charge in [-0.05, 0) is 25.0 Å². The lowest BCUT2D eigenvalue weighted by atomic mass is 10.1. The summed E-state index contributed by atoms with van der Waals surface area (Å²) in [5, 5.41) is 22.3. The van der Waals surface area contributed by atoms with E-state index in [9.17, 15) is 23.3 Å². The Bertz CT molecular complexity index is 478. The van der Waals surface area contributed by atoms with Crippen LogP contribution in [-0.2, 0) is 6.18 Å². The maximum atomic E-state index is 12.8. The molecule has 0 aliphatic carbocycles. The average molecular weight is 292 g/mol. The van der Waals surface area contributed by atoms with Crippen LogP contribution in [0, 0.1) is 10.1 Å². The third kappa shape index (κ3) is 4.09. The number of hydrogen-bond acceptors (Lipinski definition) is 4. The molecule has 0 fully saturated rings. The van der Waals surface area contributed by atoms with Crippen molar-refractivity contribution >= 4 is 11.4 Å². The Balaban J connectivity index is 3.10. The number of nitro groups is 1. The molecule has 0 saturated heterocycles. The van der Waals surface area contributed by atoms with E-state index in [1.54, 1.807) is 0 Å². The van der Waals surface area contributed by atoms with Crippen LogP contribution in [-0.4, -0.2) is 22.7 Å². The summed E-state index contributed by atoms with van der Waals surface area (Å²) in [5.74, 6) is 0. The Morgan fingerprint density at radius 3 is 2.55 bits per heavy atom. The van der Waals surface area contributed by atoms with Crippen molar-refractivity contribution in [1.29, 1.82) is 0 Å². The molecule has 0 bridgehead atoms. The fourth-order valence-corrected chi connectivity index (χ4v) is 1.78. The molecule has 0 spiro atoms. The van der Waals surface area contributed by atoms with E-state index in [1.165, 1.54) is 6.07 Å². The van der Waals surface area contributed by atoms with Crippen molar-refractivity contribution in [3.05, 3.63) is 33.9 Å². The predicted octanol–water partition coefficient (Wildman–Crippen LogP) is 3.19. The van der Waals surface area contributed by atoms with Crippen LogP contribution in [0.1, 0.15) is 25.3 Å². The van der Waals surface area contributed by atoms with E-state index in [0.29, 0.717) is 12.8 Å². The average Bonchev–Trinajstić information content (AvgIpc) is 2.36. The Kier molecular flexibility index (Phi) is 5.32. The molecule has 112 valence electrons. The van der Waals surface area contributed by atoms with Crippen LogP contribution < -0.4 is 5.32 Å². The van der Waals surface area contributed by atoms with Crippen LogP contribution in [0.4, 0.5) is 24.5 Å². The predicted molar refractivity (Wildman–Crippen MR) is 67.5 cm³/mol. The molecule has 20 heavy (non-hydrogen) atoms. The first kappa shape index (κ1) is 16.2. The van der Waals surface area contributed by atoms with Crippen molar-refractivity contribution in [3.8, 4) is 0 Å². The minimum atomic E-state index is -4.79. The van der Waals surface area contributed by atoms with E-state index in [-0.39, 0.29) is 18.3 Å². The Labute approximate surface area is 113 Å². The zero-order valence-electron chi connectivity index (χ0n) is 10.8. The molecule has 1 aromatic rings. The van der Waals surface area contributed by atoms with Gasteiger partial charge in [0.25, 0.3) is 5.69 Å². The fraction of sp³-hybridized carbons (Fsp3) is 0.500. The number of hydrogen-bond donors (Lipinski definition) is 2. The third-order valence-corrected chi connectivity index (χ3v) is 2.84. The lowest BCUT2D eigenvalue weighted by molar-refractivity contribution is -0.388. The topological polar surface area (TPSA) is 75.4 Å².